The van der Waals surface area contributed by atoms with E-state index in [4.69, 9.17) is 9.72 Å². The van der Waals surface area contributed by atoms with Crippen molar-refractivity contribution in [2.75, 3.05) is 30.8 Å². The van der Waals surface area contributed by atoms with Gasteiger partial charge in [-0.05, 0) is 30.5 Å². The zero-order valence-electron chi connectivity index (χ0n) is 17.9. The lowest BCUT2D eigenvalue weighted by atomic mass is 10.1. The summed E-state index contributed by atoms with van der Waals surface area (Å²) < 4.78 is 9.47. The third-order valence-electron chi connectivity index (χ3n) is 6.22. The molecule has 2 N–H and O–H groups in total. The fraction of sp³-hybridized carbons (Fsp3) is 0.381. The van der Waals surface area contributed by atoms with Gasteiger partial charge in [0.25, 0.3) is 5.91 Å². The number of hydrogen-bond donors (Lipinski definition) is 2. The summed E-state index contributed by atoms with van der Waals surface area (Å²) in [5.41, 5.74) is 4.39. The molecule has 164 valence electrons. The van der Waals surface area contributed by atoms with E-state index in [1.165, 1.54) is 0 Å². The van der Waals surface area contributed by atoms with Gasteiger partial charge in [0.2, 0.25) is 0 Å². The molecule has 1 aromatic carbocycles. The predicted molar refractivity (Wildman–Crippen MR) is 118 cm³/mol. The smallest absolute Gasteiger partial charge is 0.259 e. The molecule has 0 unspecified atom stereocenters. The number of rotatable bonds is 1. The van der Waals surface area contributed by atoms with Crippen LogP contribution in [0.2, 0.25) is 0 Å². The van der Waals surface area contributed by atoms with Gasteiger partial charge in [-0.2, -0.15) is 9.61 Å². The molecular formula is C21H23N9O2. The van der Waals surface area contributed by atoms with Crippen LogP contribution < -0.4 is 10.6 Å². The van der Waals surface area contributed by atoms with Gasteiger partial charge in [-0.1, -0.05) is 5.21 Å². The summed E-state index contributed by atoms with van der Waals surface area (Å²) in [4.78, 5) is 20.1. The maximum absolute atomic E-state index is 13.4. The first-order valence-corrected chi connectivity index (χ1v) is 10.7. The Balaban J connectivity index is 1.57. The number of benzene rings is 1. The lowest BCUT2D eigenvalue weighted by molar-refractivity contribution is 0.0499. The molecule has 2 aliphatic rings. The summed E-state index contributed by atoms with van der Waals surface area (Å²) >= 11 is 0. The average molecular weight is 433 g/mol. The minimum atomic E-state index is -0.0651. The van der Waals surface area contributed by atoms with Crippen LogP contribution in [0.25, 0.3) is 16.7 Å². The molecule has 1 saturated heterocycles. The summed E-state index contributed by atoms with van der Waals surface area (Å²) in [5, 5.41) is 19.4. The molecule has 0 aliphatic carbocycles. The van der Waals surface area contributed by atoms with Crippen LogP contribution in [0, 0.1) is 0 Å². The Morgan fingerprint density at radius 1 is 1.28 bits per heavy atom. The number of carbonyl (C=O) groups is 1. The van der Waals surface area contributed by atoms with Crippen LogP contribution in [0.15, 0.2) is 24.4 Å². The maximum Gasteiger partial charge on any atom is 0.259 e. The maximum atomic E-state index is 13.4. The van der Waals surface area contributed by atoms with Crippen LogP contribution in [0.1, 0.15) is 28.8 Å². The molecule has 1 amide bonds. The number of anilines is 3. The molecule has 0 radical (unpaired) electrons. The Bertz CT molecular complexity index is 1360. The van der Waals surface area contributed by atoms with E-state index in [1.807, 2.05) is 37.2 Å². The van der Waals surface area contributed by atoms with E-state index in [2.05, 4.69) is 26.0 Å². The van der Waals surface area contributed by atoms with Crippen molar-refractivity contribution in [2.45, 2.75) is 25.5 Å². The minimum absolute atomic E-state index is 0.0343. The van der Waals surface area contributed by atoms with Crippen LogP contribution in [0.3, 0.4) is 0 Å². The SMILES string of the molecule is CNc1cc2nc3c(cnn13)C(=O)N1CCC[C@@H]1COCc1cc(c3nnn(C)c3c1)N2. The lowest BCUT2D eigenvalue weighted by Crippen LogP contribution is -2.38. The van der Waals surface area contributed by atoms with Gasteiger partial charge in [-0.15, -0.1) is 5.10 Å². The Kier molecular flexibility index (Phi) is 4.25. The van der Waals surface area contributed by atoms with Crippen LogP contribution in [0.5, 0.6) is 0 Å². The summed E-state index contributed by atoms with van der Waals surface area (Å²) in [7, 11) is 3.68. The van der Waals surface area contributed by atoms with Crippen molar-refractivity contribution >= 4 is 39.9 Å². The highest BCUT2D eigenvalue weighted by molar-refractivity contribution is 6.00. The van der Waals surface area contributed by atoms with Gasteiger partial charge in [0, 0.05) is 26.7 Å². The number of carbonyl (C=O) groups excluding carboxylic acids is 1. The molecule has 4 bridgehead atoms. The zero-order valence-corrected chi connectivity index (χ0v) is 17.9. The molecule has 4 aromatic rings. The van der Waals surface area contributed by atoms with E-state index in [1.54, 1.807) is 15.4 Å². The molecule has 0 saturated carbocycles. The highest BCUT2D eigenvalue weighted by Gasteiger charge is 2.32. The van der Waals surface area contributed by atoms with E-state index >= 15 is 0 Å². The first-order chi connectivity index (χ1) is 15.6. The number of amides is 1. The molecule has 2 aliphatic heterocycles. The molecule has 32 heavy (non-hydrogen) atoms. The van der Waals surface area contributed by atoms with Gasteiger partial charge < -0.3 is 20.3 Å². The van der Waals surface area contributed by atoms with Crippen molar-refractivity contribution in [2.24, 2.45) is 7.05 Å². The topological polar surface area (TPSA) is 114 Å². The van der Waals surface area contributed by atoms with Gasteiger partial charge in [0.05, 0.1) is 36.7 Å². The third-order valence-corrected chi connectivity index (χ3v) is 6.22. The normalized spacial score (nSPS) is 18.8. The van der Waals surface area contributed by atoms with Gasteiger partial charge in [-0.3, -0.25) is 4.79 Å². The molecule has 1 atom stereocenters. The average Bonchev–Trinajstić information content (AvgIpc) is 3.51. The van der Waals surface area contributed by atoms with Crippen LogP contribution in [-0.2, 0) is 18.4 Å². The Morgan fingerprint density at radius 3 is 3.06 bits per heavy atom. The van der Waals surface area contributed by atoms with Crippen LogP contribution in [0.4, 0.5) is 17.3 Å². The van der Waals surface area contributed by atoms with Gasteiger partial charge in [-0.25, -0.2) is 9.67 Å². The number of nitrogens with zero attached hydrogens (tertiary/aromatic N) is 7. The number of ether oxygens (including phenoxy) is 1. The Morgan fingerprint density at radius 2 is 2.19 bits per heavy atom. The minimum Gasteiger partial charge on any atom is -0.375 e. The monoisotopic (exact) mass is 433 g/mol. The second-order valence-electron chi connectivity index (χ2n) is 8.23. The number of aromatic nitrogens is 6. The second kappa shape index (κ2) is 7.16. The summed E-state index contributed by atoms with van der Waals surface area (Å²) in [5.74, 6) is 1.23. The van der Waals surface area contributed by atoms with E-state index in [9.17, 15) is 4.79 Å². The molecule has 0 spiro atoms. The summed E-state index contributed by atoms with van der Waals surface area (Å²) in [6, 6.07) is 5.94. The molecule has 11 heteroatoms. The van der Waals surface area contributed by atoms with Crippen LogP contribution in [-0.4, -0.2) is 66.6 Å². The van der Waals surface area contributed by atoms with Gasteiger partial charge in [0.1, 0.15) is 22.7 Å². The molecule has 1 fully saturated rings. The van der Waals surface area contributed by atoms with E-state index in [-0.39, 0.29) is 11.9 Å². The van der Waals surface area contributed by atoms with Gasteiger partial charge >= 0.3 is 0 Å². The Labute approximate surface area is 183 Å². The van der Waals surface area contributed by atoms with E-state index in [0.29, 0.717) is 36.8 Å². The molecule has 6 rings (SSSR count). The quantitative estimate of drug-likeness (QED) is 0.468. The highest BCUT2D eigenvalue weighted by Crippen LogP contribution is 2.30. The summed E-state index contributed by atoms with van der Waals surface area (Å²) in [6.07, 6.45) is 3.47. The fourth-order valence-electron chi connectivity index (χ4n) is 4.61. The summed E-state index contributed by atoms with van der Waals surface area (Å²) in [6.45, 7) is 1.62. The first-order valence-electron chi connectivity index (χ1n) is 10.7. The van der Waals surface area contributed by atoms with Crippen molar-refractivity contribution in [3.05, 3.63) is 35.5 Å². The van der Waals surface area contributed by atoms with Crippen molar-refractivity contribution in [1.82, 2.24) is 34.5 Å². The molecule has 11 nitrogen and oxygen atoms in total. The third kappa shape index (κ3) is 2.88. The number of hydrogen-bond acceptors (Lipinski definition) is 8. The number of aryl methyl sites for hydroxylation is 1. The molecule has 3 aromatic heterocycles. The predicted octanol–water partition coefficient (Wildman–Crippen LogP) is 1.93. The van der Waals surface area contributed by atoms with Crippen molar-refractivity contribution in [3.63, 3.8) is 0 Å². The van der Waals surface area contributed by atoms with E-state index < -0.39 is 0 Å². The van der Waals surface area contributed by atoms with Crippen molar-refractivity contribution < 1.29 is 9.53 Å². The number of nitrogens with one attached hydrogen (secondary N) is 2. The van der Waals surface area contributed by atoms with Crippen LogP contribution >= 0.6 is 0 Å². The largest absolute Gasteiger partial charge is 0.375 e. The standard InChI is InChI=1S/C21H23N9O2/c1-22-18-8-17-24-15-6-12(7-16-19(15)26-27-28(16)2)10-32-11-13-4-3-5-29(13)21(31)14-9-23-30(18)20(14)25-17/h6-9,13,22H,3-5,10-11H2,1-2H3,(H,24,25)/t13-/m1/s1. The molecular weight excluding hydrogens is 410 g/mol. The molecule has 5 heterocycles. The van der Waals surface area contributed by atoms with Gasteiger partial charge in [0.15, 0.2) is 5.65 Å². The lowest BCUT2D eigenvalue weighted by Gasteiger charge is -2.24. The number of fused-ring (bicyclic) bond motifs is 6. The van der Waals surface area contributed by atoms with Crippen molar-refractivity contribution in [1.29, 1.82) is 0 Å². The zero-order chi connectivity index (χ0) is 21.8. The second-order valence-corrected chi connectivity index (χ2v) is 8.23. The fourth-order valence-corrected chi connectivity index (χ4v) is 4.61. The Hall–Kier alpha value is -3.73. The first kappa shape index (κ1) is 19.0. The highest BCUT2D eigenvalue weighted by atomic mass is 16.5. The van der Waals surface area contributed by atoms with E-state index in [0.717, 1.165) is 40.9 Å². The van der Waals surface area contributed by atoms with Crippen molar-refractivity contribution in [3.8, 4) is 0 Å².